The highest BCUT2D eigenvalue weighted by molar-refractivity contribution is 7.86. The van der Waals surface area contributed by atoms with Crippen molar-refractivity contribution in [1.29, 1.82) is 0 Å². The maximum atomic E-state index is 10.9. The zero-order valence-corrected chi connectivity index (χ0v) is 22.1. The van der Waals surface area contributed by atoms with Crippen LogP contribution in [0.4, 0.5) is 0 Å². The number of hydrogen-bond donors (Lipinski definition) is 9. The number of carboxylic acids is 4. The van der Waals surface area contributed by atoms with Gasteiger partial charge in [-0.3, -0.25) is 4.55 Å². The van der Waals surface area contributed by atoms with E-state index in [1.54, 1.807) is 0 Å². The zero-order chi connectivity index (χ0) is 31.5. The normalized spacial score (nSPS) is 10.1. The fourth-order valence-electron chi connectivity index (χ4n) is 2.48. The molecule has 2 aromatic rings. The Labute approximate surface area is 229 Å². The first-order valence-electron chi connectivity index (χ1n) is 11.3. The maximum absolute atomic E-state index is 10.9. The van der Waals surface area contributed by atoms with Gasteiger partial charge >= 0.3 is 23.9 Å². The summed E-state index contributed by atoms with van der Waals surface area (Å²) >= 11 is 0. The lowest BCUT2D eigenvalue weighted by molar-refractivity contribution is -0.0465. The lowest BCUT2D eigenvalue weighted by Gasteiger charge is -2.05. The van der Waals surface area contributed by atoms with Gasteiger partial charge < -0.3 is 40.9 Å². The third kappa shape index (κ3) is 16.1. The van der Waals surface area contributed by atoms with Crippen LogP contribution >= 0.6 is 0 Å². The Morgan fingerprint density at radius 3 is 1.30 bits per heavy atom. The van der Waals surface area contributed by atoms with Crippen molar-refractivity contribution in [1.82, 2.24) is 0 Å². The van der Waals surface area contributed by atoms with E-state index in [2.05, 4.69) is 6.92 Å². The molecule has 16 heteroatoms. The summed E-state index contributed by atoms with van der Waals surface area (Å²) in [5, 5.41) is 66.2. The van der Waals surface area contributed by atoms with Crippen LogP contribution in [0.1, 0.15) is 74.0 Å². The molecule has 0 heterocycles. The minimum absolute atomic E-state index is 0.0833. The van der Waals surface area contributed by atoms with E-state index in [9.17, 15) is 27.6 Å². The van der Waals surface area contributed by atoms with E-state index < -0.39 is 56.3 Å². The summed E-state index contributed by atoms with van der Waals surface area (Å²) in [5.41, 5.74) is -1.41. The molecule has 0 aliphatic rings. The van der Waals surface area contributed by atoms with Gasteiger partial charge in [0.2, 0.25) is 0 Å². The largest absolute Gasteiger partial charge is 0.478 e. The highest BCUT2D eigenvalue weighted by Crippen LogP contribution is 2.21. The predicted octanol–water partition coefficient (Wildman–Crippen LogP) is 1.26. The fraction of sp³-hybridized carbons (Fsp3) is 0.333. The van der Waals surface area contributed by atoms with Crippen molar-refractivity contribution in [2.45, 2.75) is 43.8 Å². The first-order chi connectivity index (χ1) is 18.5. The molecular weight excluding hydrogens is 560 g/mol. The molecule has 0 unspecified atom stereocenters. The summed E-state index contributed by atoms with van der Waals surface area (Å²) < 4.78 is 30.6. The van der Waals surface area contributed by atoms with Gasteiger partial charge in [-0.2, -0.15) is 8.42 Å². The molecule has 224 valence electrons. The van der Waals surface area contributed by atoms with E-state index in [-0.39, 0.29) is 24.3 Å². The molecule has 0 aliphatic carbocycles. The van der Waals surface area contributed by atoms with Gasteiger partial charge in [0.15, 0.2) is 6.29 Å². The highest BCUT2D eigenvalue weighted by Gasteiger charge is 2.27. The maximum Gasteiger partial charge on any atom is 0.337 e. The van der Waals surface area contributed by atoms with Gasteiger partial charge in [-0.25, -0.2) is 19.2 Å². The summed E-state index contributed by atoms with van der Waals surface area (Å²) in [7, 11) is -4.92. The Kier molecular flexibility index (Phi) is 19.1. The number of carboxylic acid groups (broad SMARTS) is 4. The van der Waals surface area contributed by atoms with E-state index in [0.29, 0.717) is 6.42 Å². The van der Waals surface area contributed by atoms with Gasteiger partial charge in [0.25, 0.3) is 10.1 Å². The summed E-state index contributed by atoms with van der Waals surface area (Å²) in [5.74, 6) is -5.41. The van der Waals surface area contributed by atoms with Gasteiger partial charge in [0, 0.05) is 0 Å². The van der Waals surface area contributed by atoms with Crippen molar-refractivity contribution in [3.8, 4) is 0 Å². The number of aliphatic hydroxyl groups excluding tert-OH is 3. The van der Waals surface area contributed by atoms with Gasteiger partial charge in [-0.1, -0.05) is 25.8 Å². The Morgan fingerprint density at radius 1 is 0.700 bits per heavy atom. The second-order valence-electron chi connectivity index (χ2n) is 7.38. The Morgan fingerprint density at radius 2 is 1.07 bits per heavy atom. The lowest BCUT2D eigenvalue weighted by atomic mass is 10.1. The molecule has 2 aromatic carbocycles. The van der Waals surface area contributed by atoms with Crippen LogP contribution < -0.4 is 0 Å². The van der Waals surface area contributed by atoms with Gasteiger partial charge in [0.05, 0.1) is 35.5 Å². The van der Waals surface area contributed by atoms with E-state index in [0.717, 1.165) is 37.5 Å². The van der Waals surface area contributed by atoms with Crippen LogP contribution in [-0.2, 0) is 10.1 Å². The second kappa shape index (κ2) is 20.0. The smallest absolute Gasteiger partial charge is 0.337 e. The SMILES string of the molecule is CCCCCC(O)O.O=C(O)c1ccc(C(=O)O)cc1.O=C(O)c1cccc(C(=O)O)c1S(=O)(=O)O.OCCO. The number of carbonyl (C=O) groups is 4. The lowest BCUT2D eigenvalue weighted by Crippen LogP contribution is -2.14. The molecule has 0 aliphatic heterocycles. The van der Waals surface area contributed by atoms with Crippen molar-refractivity contribution in [3.05, 3.63) is 64.7 Å². The minimum atomic E-state index is -4.92. The van der Waals surface area contributed by atoms with Crippen LogP contribution in [-0.4, -0.2) is 97.2 Å². The first kappa shape index (κ1) is 38.2. The monoisotopic (exact) mass is 592 g/mol. The molecule has 0 atom stereocenters. The summed E-state index contributed by atoms with van der Waals surface area (Å²) in [4.78, 5) is 40.9. The second-order valence-corrected chi connectivity index (χ2v) is 8.74. The third-order valence-corrected chi connectivity index (χ3v) is 5.23. The third-order valence-electron chi connectivity index (χ3n) is 4.28. The van der Waals surface area contributed by atoms with Crippen molar-refractivity contribution in [2.24, 2.45) is 0 Å². The average molecular weight is 593 g/mol. The van der Waals surface area contributed by atoms with Crippen molar-refractivity contribution in [2.75, 3.05) is 13.2 Å². The minimum Gasteiger partial charge on any atom is -0.478 e. The molecule has 9 N–H and O–H groups in total. The molecule has 2 rings (SSSR count). The summed E-state index contributed by atoms with van der Waals surface area (Å²) in [6.07, 6.45) is 2.58. The fourth-order valence-corrected chi connectivity index (χ4v) is 3.35. The molecule has 0 bridgehead atoms. The first-order valence-corrected chi connectivity index (χ1v) is 12.7. The number of aromatic carboxylic acids is 4. The molecule has 0 saturated heterocycles. The molecule has 0 spiro atoms. The molecule has 0 radical (unpaired) electrons. The van der Waals surface area contributed by atoms with E-state index in [1.165, 1.54) is 24.3 Å². The molecule has 40 heavy (non-hydrogen) atoms. The number of hydrogen-bond acceptors (Lipinski definition) is 10. The summed E-state index contributed by atoms with van der Waals surface area (Å²) in [6, 6.07) is 7.87. The highest BCUT2D eigenvalue weighted by atomic mass is 32.2. The predicted molar refractivity (Wildman–Crippen MR) is 137 cm³/mol. The van der Waals surface area contributed by atoms with Gasteiger partial charge in [-0.15, -0.1) is 0 Å². The Bertz CT molecular complexity index is 1120. The van der Waals surface area contributed by atoms with Crippen LogP contribution in [0.2, 0.25) is 0 Å². The number of aliphatic hydroxyl groups is 4. The molecule has 0 amide bonds. The van der Waals surface area contributed by atoms with Crippen LogP contribution in [0.3, 0.4) is 0 Å². The Balaban J connectivity index is 0. The van der Waals surface area contributed by atoms with Crippen LogP contribution in [0.15, 0.2) is 47.4 Å². The number of rotatable bonds is 10. The molecule has 0 saturated carbocycles. The average Bonchev–Trinajstić information content (AvgIpc) is 2.88. The number of benzene rings is 2. The topological polar surface area (TPSA) is 284 Å². The van der Waals surface area contributed by atoms with E-state index in [4.69, 9.17) is 45.4 Å². The number of unbranched alkanes of at least 4 members (excludes halogenated alkanes) is 2. The van der Waals surface area contributed by atoms with Crippen molar-refractivity contribution >= 4 is 34.0 Å². The van der Waals surface area contributed by atoms with Gasteiger partial charge in [-0.05, 0) is 49.2 Å². The van der Waals surface area contributed by atoms with E-state index >= 15 is 0 Å². The van der Waals surface area contributed by atoms with Crippen molar-refractivity contribution < 1.29 is 73.0 Å². The molecule has 0 fully saturated rings. The van der Waals surface area contributed by atoms with E-state index in [1.807, 2.05) is 0 Å². The summed E-state index contributed by atoms with van der Waals surface area (Å²) in [6.45, 7) is 1.84. The van der Waals surface area contributed by atoms with Crippen LogP contribution in [0.5, 0.6) is 0 Å². The standard InChI is InChI=1S/C8H6O7S.C8H6O4.C6H14O2.C2H6O2/c9-7(10)4-2-1-3-5(8(11)12)6(4)16(13,14)15;9-7(10)5-1-2-6(4-3-5)8(11)12;1-2-3-4-5-6(7)8;3-1-2-4/h1-3H,(H,9,10)(H,11,12)(H,13,14,15);1-4H,(H,9,10)(H,11,12);6-8H,2-5H2,1H3;3-4H,1-2H2. The quantitative estimate of drug-likeness (QED) is 0.107. The van der Waals surface area contributed by atoms with Crippen LogP contribution in [0, 0.1) is 0 Å². The van der Waals surface area contributed by atoms with Crippen LogP contribution in [0.25, 0.3) is 0 Å². The van der Waals surface area contributed by atoms with Crippen molar-refractivity contribution in [3.63, 3.8) is 0 Å². The zero-order valence-electron chi connectivity index (χ0n) is 21.2. The molecule has 0 aromatic heterocycles. The molecular formula is C24H32O15S. The molecule has 15 nitrogen and oxygen atoms in total. The Hall–Kier alpha value is -3.93. The van der Waals surface area contributed by atoms with Gasteiger partial charge in [0.1, 0.15) is 4.90 Å².